The van der Waals surface area contributed by atoms with Crippen LogP contribution < -0.4 is 5.32 Å². The van der Waals surface area contributed by atoms with Crippen LogP contribution in [0, 0.1) is 6.92 Å². The van der Waals surface area contributed by atoms with Gasteiger partial charge in [-0.05, 0) is 20.8 Å². The summed E-state index contributed by atoms with van der Waals surface area (Å²) in [7, 11) is 1.89. The summed E-state index contributed by atoms with van der Waals surface area (Å²) in [4.78, 5) is 0. The quantitative estimate of drug-likeness (QED) is 0.732. The Labute approximate surface area is 78.6 Å². The van der Waals surface area contributed by atoms with Crippen molar-refractivity contribution in [2.75, 3.05) is 11.9 Å². The Morgan fingerprint density at radius 1 is 1.62 bits per heavy atom. The van der Waals surface area contributed by atoms with Crippen LogP contribution in [0.25, 0.3) is 0 Å². The van der Waals surface area contributed by atoms with E-state index >= 15 is 0 Å². The second-order valence-electron chi connectivity index (χ2n) is 3.96. The first-order valence-corrected chi connectivity index (χ1v) is 4.35. The zero-order chi connectivity index (χ0) is 10.1. The number of aromatic nitrogens is 2. The van der Waals surface area contributed by atoms with Gasteiger partial charge in [-0.15, -0.1) is 0 Å². The molecule has 0 atom stereocenters. The number of nitrogens with one attached hydrogen (secondary N) is 1. The molecule has 0 aliphatic rings. The Bertz CT molecular complexity index is 266. The minimum Gasteiger partial charge on any atom is -0.389 e. The van der Waals surface area contributed by atoms with Crippen LogP contribution in [0.5, 0.6) is 0 Å². The summed E-state index contributed by atoms with van der Waals surface area (Å²) in [5, 5.41) is 16.7. The van der Waals surface area contributed by atoms with E-state index in [2.05, 4.69) is 10.4 Å². The van der Waals surface area contributed by atoms with Gasteiger partial charge in [0.1, 0.15) is 5.82 Å². The average molecular weight is 183 g/mol. The third kappa shape index (κ3) is 3.06. The molecule has 0 unspecified atom stereocenters. The van der Waals surface area contributed by atoms with E-state index in [1.165, 1.54) is 0 Å². The molecule has 2 N–H and O–H groups in total. The topological polar surface area (TPSA) is 50.1 Å². The first-order chi connectivity index (χ1) is 5.88. The fourth-order valence-corrected chi connectivity index (χ4v) is 0.954. The highest BCUT2D eigenvalue weighted by molar-refractivity contribution is 5.35. The molecule has 0 aliphatic heterocycles. The molecule has 1 aromatic heterocycles. The molecule has 4 heteroatoms. The zero-order valence-corrected chi connectivity index (χ0v) is 8.63. The maximum absolute atomic E-state index is 9.46. The maximum atomic E-state index is 9.46. The van der Waals surface area contributed by atoms with Crippen molar-refractivity contribution in [2.24, 2.45) is 7.05 Å². The summed E-state index contributed by atoms with van der Waals surface area (Å²) in [5.74, 6) is 0.808. The molecule has 0 fully saturated rings. The van der Waals surface area contributed by atoms with E-state index in [0.29, 0.717) is 6.54 Å². The summed E-state index contributed by atoms with van der Waals surface area (Å²) < 4.78 is 1.80. The highest BCUT2D eigenvalue weighted by Crippen LogP contribution is 2.08. The highest BCUT2D eigenvalue weighted by Gasteiger charge is 2.12. The third-order valence-corrected chi connectivity index (χ3v) is 1.82. The molecule has 4 nitrogen and oxygen atoms in total. The predicted molar refractivity (Wildman–Crippen MR) is 52.7 cm³/mol. The van der Waals surface area contributed by atoms with E-state index in [1.54, 1.807) is 18.5 Å². The van der Waals surface area contributed by atoms with Gasteiger partial charge in [-0.1, -0.05) is 0 Å². The summed E-state index contributed by atoms with van der Waals surface area (Å²) in [6.45, 7) is 6.01. The van der Waals surface area contributed by atoms with Gasteiger partial charge in [0.15, 0.2) is 0 Å². The minimum atomic E-state index is -0.703. The highest BCUT2D eigenvalue weighted by atomic mass is 16.3. The maximum Gasteiger partial charge on any atom is 0.148 e. The van der Waals surface area contributed by atoms with Gasteiger partial charge in [-0.2, -0.15) is 5.10 Å². The van der Waals surface area contributed by atoms with Crippen LogP contribution >= 0.6 is 0 Å². The van der Waals surface area contributed by atoms with Gasteiger partial charge in [0, 0.05) is 25.4 Å². The molecule has 0 saturated heterocycles. The predicted octanol–water partition coefficient (Wildman–Crippen LogP) is 0.911. The first-order valence-electron chi connectivity index (χ1n) is 4.35. The molecule has 0 aliphatic carbocycles. The van der Waals surface area contributed by atoms with Gasteiger partial charge < -0.3 is 10.4 Å². The van der Waals surface area contributed by atoms with Crippen molar-refractivity contribution in [1.82, 2.24) is 9.78 Å². The summed E-state index contributed by atoms with van der Waals surface area (Å²) in [6, 6.07) is 1.95. The molecule has 0 saturated carbocycles. The molecule has 0 bridgehead atoms. The molecular formula is C9H17N3O. The summed E-state index contributed by atoms with van der Waals surface area (Å²) in [6.07, 6.45) is 0. The van der Waals surface area contributed by atoms with Crippen molar-refractivity contribution in [2.45, 2.75) is 26.4 Å². The number of aryl methyl sites for hydroxylation is 2. The van der Waals surface area contributed by atoms with Gasteiger partial charge in [0.2, 0.25) is 0 Å². The molecule has 13 heavy (non-hydrogen) atoms. The number of hydrogen-bond acceptors (Lipinski definition) is 3. The largest absolute Gasteiger partial charge is 0.389 e. The van der Waals surface area contributed by atoms with Crippen LogP contribution in [0.1, 0.15) is 19.5 Å². The van der Waals surface area contributed by atoms with Crippen molar-refractivity contribution >= 4 is 5.82 Å². The number of aliphatic hydroxyl groups is 1. The zero-order valence-electron chi connectivity index (χ0n) is 8.63. The number of hydrogen-bond donors (Lipinski definition) is 2. The molecule has 0 amide bonds. The minimum absolute atomic E-state index is 0.503. The van der Waals surface area contributed by atoms with Crippen molar-refractivity contribution in [3.63, 3.8) is 0 Å². The second kappa shape index (κ2) is 3.38. The number of rotatable bonds is 3. The fourth-order valence-electron chi connectivity index (χ4n) is 0.954. The van der Waals surface area contributed by atoms with Gasteiger partial charge >= 0.3 is 0 Å². The van der Waals surface area contributed by atoms with Crippen LogP contribution in [0.3, 0.4) is 0 Å². The molecule has 0 aromatic carbocycles. The molecule has 1 rings (SSSR count). The van der Waals surface area contributed by atoms with Crippen LogP contribution in [0.15, 0.2) is 6.07 Å². The lowest BCUT2D eigenvalue weighted by atomic mass is 10.1. The second-order valence-corrected chi connectivity index (χ2v) is 3.96. The van der Waals surface area contributed by atoms with Crippen molar-refractivity contribution in [3.05, 3.63) is 11.8 Å². The van der Waals surface area contributed by atoms with E-state index in [9.17, 15) is 5.11 Å². The van der Waals surface area contributed by atoms with E-state index < -0.39 is 5.60 Å². The van der Waals surface area contributed by atoms with Crippen LogP contribution in [0.4, 0.5) is 5.82 Å². The Hall–Kier alpha value is -1.03. The Morgan fingerprint density at radius 3 is 2.62 bits per heavy atom. The van der Waals surface area contributed by atoms with E-state index in [1.807, 2.05) is 20.0 Å². The SMILES string of the molecule is Cc1cc(NCC(C)(C)O)nn1C. The fraction of sp³-hybridized carbons (Fsp3) is 0.667. The first kappa shape index (κ1) is 10.1. The average Bonchev–Trinajstić information content (AvgIpc) is 2.27. The van der Waals surface area contributed by atoms with E-state index in [-0.39, 0.29) is 0 Å². The molecule has 1 heterocycles. The summed E-state index contributed by atoms with van der Waals surface area (Å²) in [5.41, 5.74) is 0.393. The number of nitrogens with zero attached hydrogens (tertiary/aromatic N) is 2. The monoisotopic (exact) mass is 183 g/mol. The molecular weight excluding hydrogens is 166 g/mol. The van der Waals surface area contributed by atoms with Gasteiger partial charge in [-0.3, -0.25) is 4.68 Å². The van der Waals surface area contributed by atoms with E-state index in [4.69, 9.17) is 0 Å². The lowest BCUT2D eigenvalue weighted by molar-refractivity contribution is 0.0944. The summed E-state index contributed by atoms with van der Waals surface area (Å²) >= 11 is 0. The van der Waals surface area contributed by atoms with Crippen molar-refractivity contribution in [1.29, 1.82) is 0 Å². The van der Waals surface area contributed by atoms with Crippen LogP contribution in [-0.2, 0) is 7.05 Å². The molecule has 1 aromatic rings. The van der Waals surface area contributed by atoms with Gasteiger partial charge in [-0.25, -0.2) is 0 Å². The van der Waals surface area contributed by atoms with E-state index in [0.717, 1.165) is 11.5 Å². The normalized spacial score (nSPS) is 11.8. The number of anilines is 1. The van der Waals surface area contributed by atoms with Crippen LogP contribution in [-0.4, -0.2) is 27.0 Å². The van der Waals surface area contributed by atoms with Crippen molar-refractivity contribution in [3.8, 4) is 0 Å². The Balaban J connectivity index is 2.56. The van der Waals surface area contributed by atoms with Crippen molar-refractivity contribution < 1.29 is 5.11 Å². The van der Waals surface area contributed by atoms with Crippen LogP contribution in [0.2, 0.25) is 0 Å². The van der Waals surface area contributed by atoms with Gasteiger partial charge in [0.25, 0.3) is 0 Å². The van der Waals surface area contributed by atoms with Gasteiger partial charge in [0.05, 0.1) is 5.60 Å². The molecule has 74 valence electrons. The third-order valence-electron chi connectivity index (χ3n) is 1.82. The molecule has 0 spiro atoms. The molecule has 0 radical (unpaired) electrons. The smallest absolute Gasteiger partial charge is 0.148 e. The lowest BCUT2D eigenvalue weighted by Gasteiger charge is -2.16. The Kier molecular flexibility index (Phi) is 2.61. The Morgan fingerprint density at radius 2 is 2.23 bits per heavy atom. The lowest BCUT2D eigenvalue weighted by Crippen LogP contribution is -2.29. The standard InChI is InChI=1S/C9H17N3O/c1-7-5-8(11-12(7)4)10-6-9(2,3)13/h5,13H,6H2,1-4H3,(H,10,11).